The summed E-state index contributed by atoms with van der Waals surface area (Å²) in [5.41, 5.74) is 2.68. The molecule has 1 atom stereocenters. The van der Waals surface area contributed by atoms with Gasteiger partial charge in [-0.15, -0.1) is 0 Å². The molecular weight excluding hydrogens is 292 g/mol. The van der Waals surface area contributed by atoms with E-state index in [0.29, 0.717) is 22.4 Å². The van der Waals surface area contributed by atoms with E-state index in [1.165, 1.54) is 0 Å². The lowest BCUT2D eigenvalue weighted by molar-refractivity contribution is -0.136. The fraction of sp³-hybridized carbons (Fsp3) is 0.263. The summed E-state index contributed by atoms with van der Waals surface area (Å²) < 4.78 is 6.10. The highest BCUT2D eigenvalue weighted by atomic mass is 16.5. The van der Waals surface area contributed by atoms with E-state index in [4.69, 9.17) is 9.84 Å². The van der Waals surface area contributed by atoms with Gasteiger partial charge in [0.1, 0.15) is 11.9 Å². The summed E-state index contributed by atoms with van der Waals surface area (Å²) in [6, 6.07) is 12.5. The molecular formula is C19H18O4. The number of hydrogen-bond donors (Lipinski definition) is 1. The van der Waals surface area contributed by atoms with Crippen molar-refractivity contribution in [2.45, 2.75) is 32.3 Å². The normalized spacial score (nSPS) is 16.0. The second-order valence-corrected chi connectivity index (χ2v) is 5.71. The maximum absolute atomic E-state index is 12.8. The van der Waals surface area contributed by atoms with Crippen LogP contribution in [0.4, 0.5) is 0 Å². The van der Waals surface area contributed by atoms with Crippen LogP contribution in [0.5, 0.6) is 5.75 Å². The number of fused-ring (bicyclic) bond motifs is 2. The summed E-state index contributed by atoms with van der Waals surface area (Å²) in [5, 5.41) is 8.95. The van der Waals surface area contributed by atoms with Gasteiger partial charge in [0.15, 0.2) is 5.78 Å². The van der Waals surface area contributed by atoms with E-state index in [9.17, 15) is 9.59 Å². The van der Waals surface area contributed by atoms with Gasteiger partial charge in [0.25, 0.3) is 0 Å². The first-order chi connectivity index (χ1) is 11.1. The Balaban J connectivity index is 2.10. The molecule has 0 aromatic heterocycles. The van der Waals surface area contributed by atoms with Crippen LogP contribution in [0.25, 0.3) is 0 Å². The van der Waals surface area contributed by atoms with Gasteiger partial charge in [0.2, 0.25) is 0 Å². The molecule has 4 heteroatoms. The number of benzene rings is 2. The first-order valence-corrected chi connectivity index (χ1v) is 7.75. The average Bonchev–Trinajstić information content (AvgIpc) is 2.64. The lowest BCUT2D eigenvalue weighted by Gasteiger charge is -2.18. The fourth-order valence-corrected chi connectivity index (χ4v) is 2.96. The van der Waals surface area contributed by atoms with Gasteiger partial charge >= 0.3 is 5.97 Å². The minimum absolute atomic E-state index is 0.0731. The number of carbonyl (C=O) groups is 2. The van der Waals surface area contributed by atoms with E-state index in [1.807, 2.05) is 24.3 Å². The molecule has 0 saturated carbocycles. The van der Waals surface area contributed by atoms with E-state index in [-0.39, 0.29) is 18.3 Å². The second kappa shape index (κ2) is 6.24. The number of ether oxygens (including phenoxy) is 1. The Morgan fingerprint density at radius 1 is 1.17 bits per heavy atom. The van der Waals surface area contributed by atoms with Crippen molar-refractivity contribution in [3.05, 3.63) is 64.7 Å². The lowest BCUT2D eigenvalue weighted by atomic mass is 9.94. The van der Waals surface area contributed by atoms with Crippen molar-refractivity contribution in [2.75, 3.05) is 0 Å². The predicted molar refractivity (Wildman–Crippen MR) is 85.9 cm³/mol. The van der Waals surface area contributed by atoms with Gasteiger partial charge in [-0.1, -0.05) is 43.7 Å². The highest BCUT2D eigenvalue weighted by Gasteiger charge is 2.28. The van der Waals surface area contributed by atoms with Crippen LogP contribution in [0.3, 0.4) is 0 Å². The van der Waals surface area contributed by atoms with Crippen LogP contribution >= 0.6 is 0 Å². The van der Waals surface area contributed by atoms with Crippen molar-refractivity contribution in [3.63, 3.8) is 0 Å². The van der Waals surface area contributed by atoms with E-state index in [0.717, 1.165) is 18.4 Å². The van der Waals surface area contributed by atoms with E-state index >= 15 is 0 Å². The highest BCUT2D eigenvalue weighted by molar-refractivity contribution is 6.12. The van der Waals surface area contributed by atoms with E-state index < -0.39 is 5.97 Å². The molecule has 23 heavy (non-hydrogen) atoms. The van der Waals surface area contributed by atoms with E-state index in [2.05, 4.69) is 6.92 Å². The molecule has 1 aliphatic heterocycles. The Kier molecular flexibility index (Phi) is 4.15. The van der Waals surface area contributed by atoms with Crippen LogP contribution < -0.4 is 4.74 Å². The number of ketones is 1. The smallest absolute Gasteiger partial charge is 0.307 e. The van der Waals surface area contributed by atoms with E-state index in [1.54, 1.807) is 18.2 Å². The van der Waals surface area contributed by atoms with Crippen LogP contribution in [0, 0.1) is 0 Å². The average molecular weight is 310 g/mol. The zero-order valence-electron chi connectivity index (χ0n) is 12.9. The number of carboxylic acid groups (broad SMARTS) is 1. The van der Waals surface area contributed by atoms with Crippen LogP contribution in [-0.2, 0) is 11.2 Å². The van der Waals surface area contributed by atoms with Crippen molar-refractivity contribution in [2.24, 2.45) is 0 Å². The fourth-order valence-electron chi connectivity index (χ4n) is 2.96. The molecule has 1 aliphatic rings. The Morgan fingerprint density at radius 2 is 1.96 bits per heavy atom. The quantitative estimate of drug-likeness (QED) is 0.933. The molecule has 0 bridgehead atoms. The molecule has 118 valence electrons. The lowest BCUT2D eigenvalue weighted by Crippen LogP contribution is -2.08. The first-order valence-electron chi connectivity index (χ1n) is 7.75. The van der Waals surface area contributed by atoms with Crippen molar-refractivity contribution >= 4 is 11.8 Å². The van der Waals surface area contributed by atoms with Crippen LogP contribution in [0.2, 0.25) is 0 Å². The van der Waals surface area contributed by atoms with Crippen LogP contribution in [-0.4, -0.2) is 16.9 Å². The van der Waals surface area contributed by atoms with Crippen LogP contribution in [0.1, 0.15) is 52.9 Å². The minimum Gasteiger partial charge on any atom is -0.485 e. The third kappa shape index (κ3) is 2.97. The Bertz CT molecular complexity index is 764. The molecule has 0 fully saturated rings. The monoisotopic (exact) mass is 310 g/mol. The molecule has 0 aliphatic carbocycles. The summed E-state index contributed by atoms with van der Waals surface area (Å²) in [4.78, 5) is 23.7. The van der Waals surface area contributed by atoms with Gasteiger partial charge in [0, 0.05) is 11.1 Å². The van der Waals surface area contributed by atoms with Crippen molar-refractivity contribution < 1.29 is 19.4 Å². The summed E-state index contributed by atoms with van der Waals surface area (Å²) in [6.45, 7) is 2.07. The predicted octanol–water partition coefficient (Wildman–Crippen LogP) is 3.78. The largest absolute Gasteiger partial charge is 0.485 e. The van der Waals surface area contributed by atoms with Crippen molar-refractivity contribution in [3.8, 4) is 5.75 Å². The SMILES string of the molecule is CCCC1Oc2cc(CC(=O)O)ccc2C(=O)c2ccccc21. The summed E-state index contributed by atoms with van der Waals surface area (Å²) in [6.07, 6.45) is 1.45. The topological polar surface area (TPSA) is 63.6 Å². The standard InChI is InChI=1S/C19H18O4/c1-2-5-16-13-6-3-4-7-14(13)19(22)15-9-8-12(11-18(20)21)10-17(15)23-16/h3-4,6-10,16H,2,5,11H2,1H3,(H,20,21). The Labute approximate surface area is 134 Å². The highest BCUT2D eigenvalue weighted by Crippen LogP contribution is 2.36. The molecule has 1 heterocycles. The third-order valence-corrected chi connectivity index (χ3v) is 4.02. The molecule has 0 amide bonds. The van der Waals surface area contributed by atoms with Crippen molar-refractivity contribution in [1.29, 1.82) is 0 Å². The molecule has 0 spiro atoms. The summed E-state index contributed by atoms with van der Waals surface area (Å²) in [5.74, 6) is -0.502. The molecule has 2 aromatic carbocycles. The van der Waals surface area contributed by atoms with Gasteiger partial charge in [-0.05, 0) is 24.1 Å². The third-order valence-electron chi connectivity index (χ3n) is 4.02. The van der Waals surface area contributed by atoms with Gasteiger partial charge in [0.05, 0.1) is 12.0 Å². The van der Waals surface area contributed by atoms with Gasteiger partial charge in [-0.2, -0.15) is 0 Å². The number of hydrogen-bond acceptors (Lipinski definition) is 3. The van der Waals surface area contributed by atoms with Gasteiger partial charge in [-0.25, -0.2) is 0 Å². The maximum atomic E-state index is 12.8. The van der Waals surface area contributed by atoms with Gasteiger partial charge < -0.3 is 9.84 Å². The van der Waals surface area contributed by atoms with Crippen LogP contribution in [0.15, 0.2) is 42.5 Å². The molecule has 0 saturated heterocycles. The Hall–Kier alpha value is -2.62. The first kappa shape index (κ1) is 15.3. The summed E-state index contributed by atoms with van der Waals surface area (Å²) >= 11 is 0. The molecule has 4 nitrogen and oxygen atoms in total. The molecule has 1 unspecified atom stereocenters. The molecule has 0 radical (unpaired) electrons. The zero-order chi connectivity index (χ0) is 16.4. The minimum atomic E-state index is -0.904. The Morgan fingerprint density at radius 3 is 2.70 bits per heavy atom. The number of aliphatic carboxylic acids is 1. The maximum Gasteiger partial charge on any atom is 0.307 e. The number of rotatable bonds is 4. The van der Waals surface area contributed by atoms with Gasteiger partial charge in [-0.3, -0.25) is 9.59 Å². The summed E-state index contributed by atoms with van der Waals surface area (Å²) in [7, 11) is 0. The van der Waals surface area contributed by atoms with Crippen molar-refractivity contribution in [1.82, 2.24) is 0 Å². The second-order valence-electron chi connectivity index (χ2n) is 5.71. The number of carboxylic acids is 1. The molecule has 3 rings (SSSR count). The molecule has 1 N–H and O–H groups in total. The molecule has 2 aromatic rings. The zero-order valence-corrected chi connectivity index (χ0v) is 12.9. The number of carbonyl (C=O) groups excluding carboxylic acids is 1.